The molecule has 0 aliphatic heterocycles. The normalized spacial score (nSPS) is 12.0. The van der Waals surface area contributed by atoms with Gasteiger partial charge in [0, 0.05) is 5.69 Å². The Balaban J connectivity index is 2.28. The van der Waals surface area contributed by atoms with Crippen LogP contribution in [-0.4, -0.2) is 40.3 Å². The lowest BCUT2D eigenvalue weighted by Crippen LogP contribution is -2.45. The van der Waals surface area contributed by atoms with Gasteiger partial charge in [0.25, 0.3) is 0 Å². The van der Waals surface area contributed by atoms with Gasteiger partial charge in [0.1, 0.15) is 24.1 Å². The minimum absolute atomic E-state index is 0.311. The number of ether oxygens (including phenoxy) is 2. The first-order valence-corrected chi connectivity index (χ1v) is 10.8. The topological polar surface area (TPSA) is 84.9 Å². The van der Waals surface area contributed by atoms with Crippen molar-refractivity contribution in [2.75, 3.05) is 29.6 Å². The van der Waals surface area contributed by atoms with E-state index in [4.69, 9.17) is 9.47 Å². The highest BCUT2D eigenvalue weighted by Crippen LogP contribution is 2.33. The van der Waals surface area contributed by atoms with E-state index in [1.165, 1.54) is 14.0 Å². The summed E-state index contributed by atoms with van der Waals surface area (Å²) in [5.41, 5.74) is 1.68. The van der Waals surface area contributed by atoms with Crippen LogP contribution in [0.1, 0.15) is 12.5 Å². The quantitative estimate of drug-likeness (QED) is 0.631. The number of hydrogen-bond acceptors (Lipinski definition) is 5. The Morgan fingerprint density at radius 1 is 1.24 bits per heavy atom. The molecule has 0 saturated carbocycles. The fourth-order valence-corrected chi connectivity index (χ4v) is 3.96. The highest BCUT2D eigenvalue weighted by Gasteiger charge is 2.31. The molecule has 1 amide bonds. The van der Waals surface area contributed by atoms with Crippen molar-refractivity contribution in [1.82, 2.24) is 0 Å². The van der Waals surface area contributed by atoms with Crippen molar-refractivity contribution in [3.8, 4) is 11.5 Å². The van der Waals surface area contributed by atoms with Crippen LogP contribution in [-0.2, 0) is 14.8 Å². The second-order valence-corrected chi connectivity index (χ2v) is 8.38. The van der Waals surface area contributed by atoms with Gasteiger partial charge in [0.15, 0.2) is 0 Å². The van der Waals surface area contributed by atoms with E-state index in [-0.39, 0.29) is 0 Å². The molecule has 1 N–H and O–H groups in total. The number of carbonyl (C=O) groups is 1. The molecule has 0 unspecified atom stereocenters. The molecule has 2 aromatic rings. The number of nitrogens with one attached hydrogen (secondary N) is 1. The standard InChI is InChI=1S/C21H26N2O5S/c1-6-13-28-18-10-8-17(9-11-18)22-21(24)16(3)23(29(5,25)26)19-14-15(2)7-12-20(19)27-4/h6-12,14,16H,1,13H2,2-5H3,(H,22,24)/t16-/m0/s1. The largest absolute Gasteiger partial charge is 0.495 e. The van der Waals surface area contributed by atoms with Gasteiger partial charge in [-0.25, -0.2) is 8.42 Å². The number of aryl methyl sites for hydroxylation is 1. The second kappa shape index (κ2) is 9.47. The lowest BCUT2D eigenvalue weighted by molar-refractivity contribution is -0.116. The Bertz CT molecular complexity index is 971. The van der Waals surface area contributed by atoms with E-state index in [0.717, 1.165) is 16.1 Å². The smallest absolute Gasteiger partial charge is 0.247 e. The van der Waals surface area contributed by atoms with Crippen LogP contribution >= 0.6 is 0 Å². The van der Waals surface area contributed by atoms with E-state index in [1.54, 1.807) is 42.5 Å². The van der Waals surface area contributed by atoms with Crippen molar-refractivity contribution in [2.24, 2.45) is 0 Å². The molecule has 2 aromatic carbocycles. The predicted octanol–water partition coefficient (Wildman–Crippen LogP) is 3.36. The summed E-state index contributed by atoms with van der Waals surface area (Å²) in [6.45, 7) is 7.33. The zero-order valence-electron chi connectivity index (χ0n) is 17.0. The van der Waals surface area contributed by atoms with E-state index < -0.39 is 22.0 Å². The number of benzene rings is 2. The van der Waals surface area contributed by atoms with E-state index in [9.17, 15) is 13.2 Å². The Hall–Kier alpha value is -3.00. The van der Waals surface area contributed by atoms with Gasteiger partial charge in [0.2, 0.25) is 15.9 Å². The number of anilines is 2. The molecule has 0 radical (unpaired) electrons. The fourth-order valence-electron chi connectivity index (χ4n) is 2.79. The first-order valence-electron chi connectivity index (χ1n) is 8.96. The summed E-state index contributed by atoms with van der Waals surface area (Å²) < 4.78 is 36.8. The van der Waals surface area contributed by atoms with Crippen LogP contribution in [0, 0.1) is 6.92 Å². The lowest BCUT2D eigenvalue weighted by Gasteiger charge is -2.29. The second-order valence-electron chi connectivity index (χ2n) is 6.52. The molecule has 0 heterocycles. The number of rotatable bonds is 9. The summed E-state index contributed by atoms with van der Waals surface area (Å²) in [5.74, 6) is 0.529. The molecular formula is C21H26N2O5S. The van der Waals surface area contributed by atoms with Gasteiger partial charge in [-0.3, -0.25) is 9.10 Å². The molecule has 0 aliphatic rings. The van der Waals surface area contributed by atoms with Crippen molar-refractivity contribution >= 4 is 27.3 Å². The molecule has 8 heteroatoms. The molecule has 0 bridgehead atoms. The first kappa shape index (κ1) is 22.3. The van der Waals surface area contributed by atoms with Crippen molar-refractivity contribution in [2.45, 2.75) is 19.9 Å². The van der Waals surface area contributed by atoms with Gasteiger partial charge >= 0.3 is 0 Å². The Morgan fingerprint density at radius 2 is 1.90 bits per heavy atom. The Kier molecular flexibility index (Phi) is 7.28. The minimum Gasteiger partial charge on any atom is -0.495 e. The van der Waals surface area contributed by atoms with E-state index >= 15 is 0 Å². The molecule has 0 aromatic heterocycles. The molecule has 1 atom stereocenters. The molecule has 0 saturated heterocycles. The van der Waals surface area contributed by atoms with Crippen LogP contribution < -0.4 is 19.1 Å². The monoisotopic (exact) mass is 418 g/mol. The summed E-state index contributed by atoms with van der Waals surface area (Å²) >= 11 is 0. The van der Waals surface area contributed by atoms with Gasteiger partial charge in [-0.2, -0.15) is 0 Å². The van der Waals surface area contributed by atoms with Crippen molar-refractivity contribution < 1.29 is 22.7 Å². The number of hydrogen-bond donors (Lipinski definition) is 1. The average molecular weight is 419 g/mol. The Labute approximate surface area is 172 Å². The summed E-state index contributed by atoms with van der Waals surface area (Å²) in [5, 5.41) is 2.74. The number of methoxy groups -OCH3 is 1. The minimum atomic E-state index is -3.76. The molecule has 0 aliphatic carbocycles. The zero-order chi connectivity index (χ0) is 21.6. The van der Waals surface area contributed by atoms with Crippen molar-refractivity contribution in [1.29, 1.82) is 0 Å². The molecule has 156 valence electrons. The van der Waals surface area contributed by atoms with E-state index in [1.807, 2.05) is 13.0 Å². The van der Waals surface area contributed by atoms with Gasteiger partial charge in [-0.15, -0.1) is 0 Å². The fraction of sp³-hybridized carbons (Fsp3) is 0.286. The van der Waals surface area contributed by atoms with Gasteiger partial charge < -0.3 is 14.8 Å². The maximum absolute atomic E-state index is 12.8. The van der Waals surface area contributed by atoms with E-state index in [0.29, 0.717) is 29.5 Å². The van der Waals surface area contributed by atoms with Crippen LogP contribution in [0.3, 0.4) is 0 Å². The number of amides is 1. The maximum Gasteiger partial charge on any atom is 0.247 e. The zero-order valence-corrected chi connectivity index (χ0v) is 17.8. The molecule has 2 rings (SSSR count). The summed E-state index contributed by atoms with van der Waals surface area (Å²) in [4.78, 5) is 12.8. The number of nitrogens with zero attached hydrogens (tertiary/aromatic N) is 1. The lowest BCUT2D eigenvalue weighted by atomic mass is 10.2. The summed E-state index contributed by atoms with van der Waals surface area (Å²) in [6.07, 6.45) is 2.70. The third-order valence-corrected chi connectivity index (χ3v) is 5.38. The van der Waals surface area contributed by atoms with Gasteiger partial charge in [-0.1, -0.05) is 18.7 Å². The highest BCUT2D eigenvalue weighted by molar-refractivity contribution is 7.92. The van der Waals surface area contributed by atoms with Crippen molar-refractivity contribution in [3.63, 3.8) is 0 Å². The molecule has 29 heavy (non-hydrogen) atoms. The van der Waals surface area contributed by atoms with Crippen molar-refractivity contribution in [3.05, 3.63) is 60.7 Å². The summed E-state index contributed by atoms with van der Waals surface area (Å²) in [7, 11) is -2.30. The molecular weight excluding hydrogens is 392 g/mol. The van der Waals surface area contributed by atoms with Gasteiger partial charge in [-0.05, 0) is 55.8 Å². The van der Waals surface area contributed by atoms with Gasteiger partial charge in [0.05, 0.1) is 19.1 Å². The predicted molar refractivity (Wildman–Crippen MR) is 115 cm³/mol. The molecule has 0 fully saturated rings. The van der Waals surface area contributed by atoms with Crippen LogP contribution in [0.4, 0.5) is 11.4 Å². The third-order valence-electron chi connectivity index (χ3n) is 4.15. The maximum atomic E-state index is 12.8. The highest BCUT2D eigenvalue weighted by atomic mass is 32.2. The average Bonchev–Trinajstić information content (AvgIpc) is 2.66. The van der Waals surface area contributed by atoms with Crippen LogP contribution in [0.2, 0.25) is 0 Å². The molecule has 0 spiro atoms. The van der Waals surface area contributed by atoms with Crippen LogP contribution in [0.5, 0.6) is 11.5 Å². The molecule has 7 nitrogen and oxygen atoms in total. The summed E-state index contributed by atoms with van der Waals surface area (Å²) in [6, 6.07) is 10.9. The third kappa shape index (κ3) is 5.74. The number of carbonyl (C=O) groups excluding carboxylic acids is 1. The first-order chi connectivity index (χ1) is 13.7. The number of sulfonamides is 1. The SMILES string of the molecule is C=CCOc1ccc(NC(=O)[C@H](C)N(c2cc(C)ccc2OC)S(C)(=O)=O)cc1. The Morgan fingerprint density at radius 3 is 2.45 bits per heavy atom. The van der Waals surface area contributed by atoms with Crippen LogP contribution in [0.15, 0.2) is 55.1 Å². The van der Waals surface area contributed by atoms with Crippen LogP contribution in [0.25, 0.3) is 0 Å². The van der Waals surface area contributed by atoms with E-state index in [2.05, 4.69) is 11.9 Å².